The van der Waals surface area contributed by atoms with E-state index in [0.717, 1.165) is 18.8 Å². The molecule has 0 bridgehead atoms. The lowest BCUT2D eigenvalue weighted by Crippen LogP contribution is -2.12. The van der Waals surface area contributed by atoms with Gasteiger partial charge in [0.1, 0.15) is 5.82 Å². The fraction of sp³-hybridized carbons (Fsp3) is 0.600. The zero-order valence-electron chi connectivity index (χ0n) is 8.60. The van der Waals surface area contributed by atoms with Crippen LogP contribution in [0.15, 0.2) is 12.4 Å². The van der Waals surface area contributed by atoms with E-state index in [1.807, 2.05) is 17.7 Å². The summed E-state index contributed by atoms with van der Waals surface area (Å²) in [5.41, 5.74) is 0. The van der Waals surface area contributed by atoms with Crippen molar-refractivity contribution in [3.63, 3.8) is 0 Å². The quantitative estimate of drug-likeness (QED) is 0.777. The maximum absolute atomic E-state index is 10.6. The Bertz CT molecular complexity index is 307. The molecule has 0 amide bonds. The molecule has 0 aliphatic carbocycles. The first-order valence-corrected chi connectivity index (χ1v) is 4.88. The first-order chi connectivity index (χ1) is 6.65. The first kappa shape index (κ1) is 10.8. The Morgan fingerprint density at radius 2 is 2.43 bits per heavy atom. The topological polar surface area (TPSA) is 55.1 Å². The van der Waals surface area contributed by atoms with Crippen LogP contribution in [0, 0.1) is 5.92 Å². The number of hydrogen-bond acceptors (Lipinski definition) is 2. The lowest BCUT2D eigenvalue weighted by Gasteiger charge is -2.07. The number of carboxylic acids is 1. The Balaban J connectivity index is 2.49. The van der Waals surface area contributed by atoms with E-state index in [9.17, 15) is 4.79 Å². The minimum absolute atomic E-state index is 0.294. The molecule has 1 aromatic heterocycles. The van der Waals surface area contributed by atoms with Crippen LogP contribution in [0.25, 0.3) is 0 Å². The standard InChI is InChI=1S/C10H16N2O2/c1-3-12-7-6-11-9(12)5-4-8(2)10(13)14/h6-8H,3-5H2,1-2H3,(H,13,14). The van der Waals surface area contributed by atoms with Gasteiger partial charge in [-0.05, 0) is 13.3 Å². The molecule has 0 aliphatic rings. The van der Waals surface area contributed by atoms with Crippen molar-refractivity contribution in [3.05, 3.63) is 18.2 Å². The third kappa shape index (κ3) is 2.58. The van der Waals surface area contributed by atoms with E-state index in [1.54, 1.807) is 13.1 Å². The maximum Gasteiger partial charge on any atom is 0.306 e. The highest BCUT2D eigenvalue weighted by Gasteiger charge is 2.12. The summed E-state index contributed by atoms with van der Waals surface area (Å²) in [4.78, 5) is 14.8. The minimum Gasteiger partial charge on any atom is -0.481 e. The molecule has 1 atom stereocenters. The molecule has 1 N–H and O–H groups in total. The smallest absolute Gasteiger partial charge is 0.306 e. The van der Waals surface area contributed by atoms with E-state index < -0.39 is 5.97 Å². The molecular formula is C10H16N2O2. The minimum atomic E-state index is -0.736. The molecular weight excluding hydrogens is 180 g/mol. The largest absolute Gasteiger partial charge is 0.481 e. The van der Waals surface area contributed by atoms with E-state index in [0.29, 0.717) is 6.42 Å². The zero-order valence-corrected chi connectivity index (χ0v) is 8.60. The zero-order chi connectivity index (χ0) is 10.6. The van der Waals surface area contributed by atoms with Crippen LogP contribution in [0.5, 0.6) is 0 Å². The van der Waals surface area contributed by atoms with Crippen LogP contribution in [-0.4, -0.2) is 20.6 Å². The highest BCUT2D eigenvalue weighted by molar-refractivity contribution is 5.69. The summed E-state index contributed by atoms with van der Waals surface area (Å²) in [5, 5.41) is 8.71. The van der Waals surface area contributed by atoms with Gasteiger partial charge in [-0.25, -0.2) is 4.98 Å². The Kier molecular flexibility index (Phi) is 3.68. The Hall–Kier alpha value is -1.32. The molecule has 1 aromatic rings. The SMILES string of the molecule is CCn1ccnc1CCC(C)C(=O)O. The third-order valence-corrected chi connectivity index (χ3v) is 2.36. The molecule has 0 aliphatic heterocycles. The molecule has 0 spiro atoms. The van der Waals surface area contributed by atoms with Gasteiger partial charge in [0, 0.05) is 25.4 Å². The molecule has 0 radical (unpaired) electrons. The Morgan fingerprint density at radius 3 is 3.00 bits per heavy atom. The summed E-state index contributed by atoms with van der Waals surface area (Å²) in [5.74, 6) is -0.0581. The lowest BCUT2D eigenvalue weighted by molar-refractivity contribution is -0.141. The molecule has 78 valence electrons. The van der Waals surface area contributed by atoms with Crippen LogP contribution in [0.2, 0.25) is 0 Å². The highest BCUT2D eigenvalue weighted by atomic mass is 16.4. The van der Waals surface area contributed by atoms with E-state index in [2.05, 4.69) is 4.98 Å². The predicted molar refractivity (Wildman–Crippen MR) is 53.0 cm³/mol. The maximum atomic E-state index is 10.6. The van der Waals surface area contributed by atoms with Crippen molar-refractivity contribution in [1.82, 2.24) is 9.55 Å². The molecule has 1 rings (SSSR count). The highest BCUT2D eigenvalue weighted by Crippen LogP contribution is 2.08. The second-order valence-electron chi connectivity index (χ2n) is 3.41. The summed E-state index contributed by atoms with van der Waals surface area (Å²) in [6.07, 6.45) is 5.05. The average molecular weight is 196 g/mol. The van der Waals surface area contributed by atoms with Crippen molar-refractivity contribution in [2.75, 3.05) is 0 Å². The van der Waals surface area contributed by atoms with E-state index in [-0.39, 0.29) is 5.92 Å². The van der Waals surface area contributed by atoms with Gasteiger partial charge in [0.15, 0.2) is 0 Å². The monoisotopic (exact) mass is 196 g/mol. The van der Waals surface area contributed by atoms with Crippen LogP contribution in [0.4, 0.5) is 0 Å². The lowest BCUT2D eigenvalue weighted by atomic mass is 10.1. The molecule has 4 nitrogen and oxygen atoms in total. The van der Waals surface area contributed by atoms with Crippen molar-refractivity contribution < 1.29 is 9.90 Å². The third-order valence-electron chi connectivity index (χ3n) is 2.36. The molecule has 0 fully saturated rings. The number of carboxylic acid groups (broad SMARTS) is 1. The summed E-state index contributed by atoms with van der Waals surface area (Å²) in [7, 11) is 0. The van der Waals surface area contributed by atoms with Crippen LogP contribution in [0.1, 0.15) is 26.1 Å². The van der Waals surface area contributed by atoms with Gasteiger partial charge in [0.2, 0.25) is 0 Å². The number of aryl methyl sites for hydroxylation is 2. The molecule has 1 unspecified atom stereocenters. The van der Waals surface area contributed by atoms with Gasteiger partial charge in [0.05, 0.1) is 5.92 Å². The van der Waals surface area contributed by atoms with E-state index in [1.165, 1.54) is 0 Å². The van der Waals surface area contributed by atoms with Gasteiger partial charge < -0.3 is 9.67 Å². The number of carbonyl (C=O) groups is 1. The second-order valence-corrected chi connectivity index (χ2v) is 3.41. The van der Waals surface area contributed by atoms with Crippen molar-refractivity contribution >= 4 is 5.97 Å². The summed E-state index contributed by atoms with van der Waals surface area (Å²) < 4.78 is 2.04. The van der Waals surface area contributed by atoms with Crippen molar-refractivity contribution in [3.8, 4) is 0 Å². The number of hydrogen-bond donors (Lipinski definition) is 1. The fourth-order valence-electron chi connectivity index (χ4n) is 1.33. The molecule has 0 saturated carbocycles. The van der Waals surface area contributed by atoms with Crippen molar-refractivity contribution in [2.24, 2.45) is 5.92 Å². The molecule has 4 heteroatoms. The number of imidazole rings is 1. The van der Waals surface area contributed by atoms with Gasteiger partial charge in [-0.1, -0.05) is 6.92 Å². The second kappa shape index (κ2) is 4.79. The van der Waals surface area contributed by atoms with E-state index >= 15 is 0 Å². The van der Waals surface area contributed by atoms with Crippen LogP contribution in [0.3, 0.4) is 0 Å². The van der Waals surface area contributed by atoms with Crippen LogP contribution < -0.4 is 0 Å². The summed E-state index contributed by atoms with van der Waals surface area (Å²) >= 11 is 0. The van der Waals surface area contributed by atoms with Gasteiger partial charge in [-0.3, -0.25) is 4.79 Å². The Morgan fingerprint density at radius 1 is 1.71 bits per heavy atom. The van der Waals surface area contributed by atoms with Gasteiger partial charge in [0.25, 0.3) is 0 Å². The molecule has 0 saturated heterocycles. The first-order valence-electron chi connectivity index (χ1n) is 4.88. The molecule has 14 heavy (non-hydrogen) atoms. The van der Waals surface area contributed by atoms with Gasteiger partial charge in [-0.2, -0.15) is 0 Å². The van der Waals surface area contributed by atoms with Crippen molar-refractivity contribution in [2.45, 2.75) is 33.2 Å². The molecule has 0 aromatic carbocycles. The van der Waals surface area contributed by atoms with Crippen molar-refractivity contribution in [1.29, 1.82) is 0 Å². The predicted octanol–water partition coefficient (Wildman–Crippen LogP) is 1.56. The number of aromatic nitrogens is 2. The van der Waals surface area contributed by atoms with Crippen LogP contribution >= 0.6 is 0 Å². The number of aliphatic carboxylic acids is 1. The molecule has 1 heterocycles. The summed E-state index contributed by atoms with van der Waals surface area (Å²) in [6, 6.07) is 0. The van der Waals surface area contributed by atoms with Crippen LogP contribution in [-0.2, 0) is 17.8 Å². The van der Waals surface area contributed by atoms with E-state index in [4.69, 9.17) is 5.11 Å². The number of nitrogens with zero attached hydrogens (tertiary/aromatic N) is 2. The van der Waals surface area contributed by atoms with Gasteiger partial charge >= 0.3 is 5.97 Å². The Labute approximate surface area is 83.6 Å². The fourth-order valence-corrected chi connectivity index (χ4v) is 1.33. The summed E-state index contributed by atoms with van der Waals surface area (Å²) in [6.45, 7) is 4.66. The average Bonchev–Trinajstić information content (AvgIpc) is 2.60. The number of rotatable bonds is 5. The normalized spacial score (nSPS) is 12.7. The van der Waals surface area contributed by atoms with Gasteiger partial charge in [-0.15, -0.1) is 0 Å².